The number of nitrogens with one attached hydrogen (secondary N) is 1. The topological polar surface area (TPSA) is 68.0 Å². The van der Waals surface area contributed by atoms with Gasteiger partial charge in [-0.25, -0.2) is 0 Å². The maximum Gasteiger partial charge on any atom is 0.417 e. The van der Waals surface area contributed by atoms with Gasteiger partial charge in [-0.05, 0) is 38.4 Å². The van der Waals surface area contributed by atoms with Crippen molar-refractivity contribution in [3.8, 4) is 0 Å². The third kappa shape index (κ3) is 4.86. The molecule has 0 spiro atoms. The number of pyridine rings is 1. The SMILES string of the molecule is CC(CCCN)NC(=O)c1ccc(C(F)(F)F)cn1. The van der Waals surface area contributed by atoms with Gasteiger partial charge in [0.2, 0.25) is 0 Å². The number of nitrogens with zero attached hydrogens (tertiary/aromatic N) is 1. The summed E-state index contributed by atoms with van der Waals surface area (Å²) in [5.74, 6) is -0.488. The minimum Gasteiger partial charge on any atom is -0.348 e. The molecule has 0 fully saturated rings. The molecule has 1 heterocycles. The van der Waals surface area contributed by atoms with Crippen molar-refractivity contribution >= 4 is 5.91 Å². The second-order valence-corrected chi connectivity index (χ2v) is 4.24. The smallest absolute Gasteiger partial charge is 0.348 e. The number of carbonyl (C=O) groups is 1. The first-order chi connectivity index (χ1) is 8.84. The molecule has 0 aliphatic heterocycles. The van der Waals surface area contributed by atoms with Crippen LogP contribution in [0.25, 0.3) is 0 Å². The quantitative estimate of drug-likeness (QED) is 0.863. The first-order valence-corrected chi connectivity index (χ1v) is 5.88. The van der Waals surface area contributed by atoms with E-state index < -0.39 is 17.6 Å². The Balaban J connectivity index is 2.63. The Bertz CT molecular complexity index is 417. The second-order valence-electron chi connectivity index (χ2n) is 4.24. The molecule has 1 aromatic heterocycles. The summed E-state index contributed by atoms with van der Waals surface area (Å²) in [6, 6.07) is 1.81. The molecule has 3 N–H and O–H groups in total. The third-order valence-electron chi connectivity index (χ3n) is 2.54. The lowest BCUT2D eigenvalue weighted by Gasteiger charge is -2.13. The molecule has 19 heavy (non-hydrogen) atoms. The van der Waals surface area contributed by atoms with Crippen LogP contribution in [-0.2, 0) is 6.18 Å². The Morgan fingerprint density at radius 2 is 2.16 bits per heavy atom. The molecule has 0 radical (unpaired) electrons. The Labute approximate surface area is 109 Å². The molecular weight excluding hydrogens is 259 g/mol. The molecule has 0 aliphatic carbocycles. The van der Waals surface area contributed by atoms with Gasteiger partial charge in [-0.15, -0.1) is 0 Å². The van der Waals surface area contributed by atoms with Crippen molar-refractivity contribution < 1.29 is 18.0 Å². The van der Waals surface area contributed by atoms with Crippen LogP contribution in [0.15, 0.2) is 18.3 Å². The summed E-state index contributed by atoms with van der Waals surface area (Å²) in [5, 5.41) is 2.65. The fraction of sp³-hybridized carbons (Fsp3) is 0.500. The van der Waals surface area contributed by atoms with Crippen LogP contribution in [0.4, 0.5) is 13.2 Å². The normalized spacial score (nSPS) is 13.1. The number of halogens is 3. The summed E-state index contributed by atoms with van der Waals surface area (Å²) >= 11 is 0. The standard InChI is InChI=1S/C12H16F3N3O/c1-8(3-2-6-16)18-11(19)10-5-4-9(7-17-10)12(13,14)15/h4-5,7-8H,2-3,6,16H2,1H3,(H,18,19). The van der Waals surface area contributed by atoms with Crippen LogP contribution in [0.1, 0.15) is 35.8 Å². The summed E-state index contributed by atoms with van der Waals surface area (Å²) in [5.41, 5.74) is 4.44. The Morgan fingerprint density at radius 1 is 1.47 bits per heavy atom. The predicted molar refractivity (Wildman–Crippen MR) is 64.5 cm³/mol. The van der Waals surface area contributed by atoms with Gasteiger partial charge < -0.3 is 11.1 Å². The maximum absolute atomic E-state index is 12.3. The number of aromatic nitrogens is 1. The molecule has 0 aliphatic rings. The Morgan fingerprint density at radius 3 is 2.63 bits per heavy atom. The van der Waals surface area contributed by atoms with Crippen LogP contribution in [0.5, 0.6) is 0 Å². The van der Waals surface area contributed by atoms with Gasteiger partial charge in [-0.3, -0.25) is 9.78 Å². The van der Waals surface area contributed by atoms with Crippen LogP contribution in [-0.4, -0.2) is 23.5 Å². The van der Waals surface area contributed by atoms with E-state index in [2.05, 4.69) is 10.3 Å². The predicted octanol–water partition coefficient (Wildman–Crippen LogP) is 1.96. The summed E-state index contributed by atoms with van der Waals surface area (Å²) in [6.45, 7) is 2.33. The van der Waals surface area contributed by atoms with Crippen molar-refractivity contribution in [1.29, 1.82) is 0 Å². The largest absolute Gasteiger partial charge is 0.417 e. The molecule has 0 aromatic carbocycles. The van der Waals surface area contributed by atoms with Crippen LogP contribution in [0.2, 0.25) is 0 Å². The van der Waals surface area contributed by atoms with E-state index in [0.29, 0.717) is 19.2 Å². The van der Waals surface area contributed by atoms with Crippen LogP contribution in [0.3, 0.4) is 0 Å². The highest BCUT2D eigenvalue weighted by atomic mass is 19.4. The minimum atomic E-state index is -4.45. The van der Waals surface area contributed by atoms with Crippen molar-refractivity contribution in [2.45, 2.75) is 32.0 Å². The number of hydrogen-bond acceptors (Lipinski definition) is 3. The van der Waals surface area contributed by atoms with E-state index in [9.17, 15) is 18.0 Å². The van der Waals surface area contributed by atoms with E-state index in [-0.39, 0.29) is 11.7 Å². The highest BCUT2D eigenvalue weighted by Crippen LogP contribution is 2.28. The second kappa shape index (κ2) is 6.51. The van der Waals surface area contributed by atoms with E-state index in [4.69, 9.17) is 5.73 Å². The lowest BCUT2D eigenvalue weighted by Crippen LogP contribution is -2.33. The minimum absolute atomic E-state index is 0.0346. The average Bonchev–Trinajstić information content (AvgIpc) is 2.35. The fourth-order valence-electron chi connectivity index (χ4n) is 1.49. The number of amides is 1. The summed E-state index contributed by atoms with van der Waals surface area (Å²) in [6.07, 6.45) is -2.32. The monoisotopic (exact) mass is 275 g/mol. The van der Waals surface area contributed by atoms with Gasteiger partial charge in [0.05, 0.1) is 5.56 Å². The molecule has 1 atom stereocenters. The van der Waals surface area contributed by atoms with Crippen molar-refractivity contribution in [2.75, 3.05) is 6.54 Å². The van der Waals surface area contributed by atoms with E-state index in [1.807, 2.05) is 0 Å². The average molecular weight is 275 g/mol. The van der Waals surface area contributed by atoms with Gasteiger partial charge >= 0.3 is 6.18 Å². The Hall–Kier alpha value is -1.63. The van der Waals surface area contributed by atoms with E-state index >= 15 is 0 Å². The summed E-state index contributed by atoms with van der Waals surface area (Å²) in [7, 11) is 0. The molecule has 7 heteroatoms. The lowest BCUT2D eigenvalue weighted by atomic mass is 10.1. The summed E-state index contributed by atoms with van der Waals surface area (Å²) in [4.78, 5) is 15.2. The number of carbonyl (C=O) groups excluding carboxylic acids is 1. The van der Waals surface area contributed by atoms with Crippen molar-refractivity contribution in [2.24, 2.45) is 5.73 Å². The van der Waals surface area contributed by atoms with Gasteiger partial charge in [0, 0.05) is 12.2 Å². The van der Waals surface area contributed by atoms with Crippen molar-refractivity contribution in [3.05, 3.63) is 29.6 Å². The van der Waals surface area contributed by atoms with Gasteiger partial charge in [-0.1, -0.05) is 0 Å². The van der Waals surface area contributed by atoms with Gasteiger partial charge in [0.25, 0.3) is 5.91 Å². The van der Waals surface area contributed by atoms with Crippen molar-refractivity contribution in [3.63, 3.8) is 0 Å². The van der Waals surface area contributed by atoms with Crippen LogP contribution < -0.4 is 11.1 Å². The zero-order valence-electron chi connectivity index (χ0n) is 10.5. The molecule has 0 saturated carbocycles. The molecule has 1 aromatic rings. The van der Waals surface area contributed by atoms with Gasteiger partial charge in [-0.2, -0.15) is 13.2 Å². The molecule has 1 amide bonds. The highest BCUT2D eigenvalue weighted by Gasteiger charge is 2.30. The fourth-order valence-corrected chi connectivity index (χ4v) is 1.49. The maximum atomic E-state index is 12.3. The molecule has 106 valence electrons. The van der Waals surface area contributed by atoms with Crippen LogP contribution in [0, 0.1) is 0 Å². The van der Waals surface area contributed by atoms with Crippen molar-refractivity contribution in [1.82, 2.24) is 10.3 Å². The van der Waals surface area contributed by atoms with Crippen LogP contribution >= 0.6 is 0 Å². The van der Waals surface area contributed by atoms with Gasteiger partial charge in [0.15, 0.2) is 0 Å². The number of rotatable bonds is 5. The first-order valence-electron chi connectivity index (χ1n) is 5.88. The zero-order valence-corrected chi connectivity index (χ0v) is 10.5. The zero-order chi connectivity index (χ0) is 14.5. The molecular formula is C12H16F3N3O. The Kier molecular flexibility index (Phi) is 5.29. The van der Waals surface area contributed by atoms with E-state index in [1.165, 1.54) is 0 Å². The highest BCUT2D eigenvalue weighted by molar-refractivity contribution is 5.92. The third-order valence-corrected chi connectivity index (χ3v) is 2.54. The lowest BCUT2D eigenvalue weighted by molar-refractivity contribution is -0.137. The number of hydrogen-bond donors (Lipinski definition) is 2. The molecule has 1 unspecified atom stereocenters. The van der Waals surface area contributed by atoms with E-state index in [0.717, 1.165) is 18.6 Å². The molecule has 0 saturated heterocycles. The molecule has 0 bridgehead atoms. The molecule has 4 nitrogen and oxygen atoms in total. The first kappa shape index (κ1) is 15.4. The van der Waals surface area contributed by atoms with E-state index in [1.54, 1.807) is 6.92 Å². The molecule has 1 rings (SSSR count). The van der Waals surface area contributed by atoms with Gasteiger partial charge in [0.1, 0.15) is 5.69 Å². The summed E-state index contributed by atoms with van der Waals surface area (Å²) < 4.78 is 37.0. The number of alkyl halides is 3. The number of nitrogens with two attached hydrogens (primary N) is 1.